The van der Waals surface area contributed by atoms with Crippen molar-refractivity contribution in [2.24, 2.45) is 0 Å². The van der Waals surface area contributed by atoms with Crippen molar-refractivity contribution in [2.45, 2.75) is 51.5 Å². The second kappa shape index (κ2) is 11.5. The van der Waals surface area contributed by atoms with Crippen molar-refractivity contribution < 1.29 is 19.6 Å². The highest BCUT2D eigenvalue weighted by Crippen LogP contribution is 2.23. The Kier molecular flexibility index (Phi) is 9.34. The van der Waals surface area contributed by atoms with Gasteiger partial charge in [-0.25, -0.2) is 0 Å². The van der Waals surface area contributed by atoms with Gasteiger partial charge in [0.15, 0.2) is 0 Å². The van der Waals surface area contributed by atoms with Gasteiger partial charge in [0, 0.05) is 18.1 Å². The van der Waals surface area contributed by atoms with E-state index in [4.69, 9.17) is 0 Å². The first-order valence-corrected chi connectivity index (χ1v) is 12.1. The summed E-state index contributed by atoms with van der Waals surface area (Å²) >= 11 is 1.75. The van der Waals surface area contributed by atoms with Gasteiger partial charge in [-0.05, 0) is 62.0 Å². The molecule has 7 nitrogen and oxygen atoms in total. The number of aromatic nitrogens is 1. The van der Waals surface area contributed by atoms with Crippen LogP contribution in [0.2, 0.25) is 0 Å². The lowest BCUT2D eigenvalue weighted by Gasteiger charge is -2.27. The van der Waals surface area contributed by atoms with Gasteiger partial charge in [0.25, 0.3) is 5.91 Å². The summed E-state index contributed by atoms with van der Waals surface area (Å²) in [6, 6.07) is 6.74. The molecule has 0 spiro atoms. The van der Waals surface area contributed by atoms with Crippen LogP contribution in [0.5, 0.6) is 0 Å². The summed E-state index contributed by atoms with van der Waals surface area (Å²) < 4.78 is 0. The first kappa shape index (κ1) is 25.2. The molecule has 0 saturated carbocycles. The van der Waals surface area contributed by atoms with Gasteiger partial charge in [-0.2, -0.15) is 11.8 Å². The van der Waals surface area contributed by atoms with Crippen LogP contribution in [0.1, 0.15) is 55.5 Å². The van der Waals surface area contributed by atoms with Crippen LogP contribution in [0.4, 0.5) is 0 Å². The fraction of sp³-hybridized carbons (Fsp3) is 0.500. The van der Waals surface area contributed by atoms with Gasteiger partial charge in [-0.3, -0.25) is 14.6 Å². The number of amides is 2. The summed E-state index contributed by atoms with van der Waals surface area (Å²) in [4.78, 5) is 31.3. The molecule has 0 aliphatic carbocycles. The zero-order valence-corrected chi connectivity index (χ0v) is 19.6. The molecular formula is C22H32BN3O4S. The number of nitrogens with one attached hydrogen (secondary N) is 1. The van der Waals surface area contributed by atoms with Crippen molar-refractivity contribution in [1.82, 2.24) is 15.2 Å². The van der Waals surface area contributed by atoms with E-state index in [0.717, 1.165) is 16.5 Å². The average Bonchev–Trinajstić information content (AvgIpc) is 3.23. The predicted molar refractivity (Wildman–Crippen MR) is 127 cm³/mol. The van der Waals surface area contributed by atoms with Gasteiger partial charge in [0.05, 0.1) is 17.0 Å². The smallest absolute Gasteiger partial charge is 0.426 e. The fourth-order valence-electron chi connectivity index (χ4n) is 3.68. The van der Waals surface area contributed by atoms with E-state index >= 15 is 0 Å². The molecule has 2 unspecified atom stereocenters. The Hall–Kier alpha value is -2.10. The lowest BCUT2D eigenvalue weighted by molar-refractivity contribution is -0.132. The van der Waals surface area contributed by atoms with E-state index in [9.17, 15) is 19.6 Å². The minimum Gasteiger partial charge on any atom is -0.426 e. The number of hydrogen-bond acceptors (Lipinski definition) is 6. The van der Waals surface area contributed by atoms with E-state index in [1.165, 1.54) is 4.90 Å². The minimum atomic E-state index is -1.58. The number of benzene rings is 1. The number of rotatable bonds is 5. The molecule has 1 saturated heterocycles. The molecule has 31 heavy (non-hydrogen) atoms. The molecular weight excluding hydrogens is 413 g/mol. The first-order valence-electron chi connectivity index (χ1n) is 10.5. The molecule has 2 heterocycles. The number of carbonyl (C=O) groups excluding carboxylic acids is 2. The minimum absolute atomic E-state index is 0.315. The number of thioether (sulfide) groups is 1. The Bertz CT molecular complexity index is 909. The SMILES string of the molecule is CC(NC(=O)c1ccnc2ccc(C(C)C)cc12)C(=O)N1CCCC1B(O)O.CSC. The van der Waals surface area contributed by atoms with Crippen LogP contribution in [0, 0.1) is 0 Å². The predicted octanol–water partition coefficient (Wildman–Crippen LogP) is 2.46. The van der Waals surface area contributed by atoms with Gasteiger partial charge < -0.3 is 20.3 Å². The Morgan fingerprint density at radius 1 is 1.23 bits per heavy atom. The third-order valence-electron chi connectivity index (χ3n) is 5.32. The number of pyridine rings is 1. The molecule has 3 N–H and O–H groups in total. The molecule has 9 heteroatoms. The molecule has 1 aliphatic heterocycles. The Morgan fingerprint density at radius 2 is 1.90 bits per heavy atom. The van der Waals surface area contributed by atoms with Gasteiger partial charge in [0.2, 0.25) is 5.91 Å². The third-order valence-corrected chi connectivity index (χ3v) is 5.32. The molecule has 2 aromatic rings. The molecule has 0 bridgehead atoms. The molecule has 2 atom stereocenters. The molecule has 1 aromatic heterocycles. The molecule has 3 rings (SSSR count). The van der Waals surface area contributed by atoms with Gasteiger partial charge >= 0.3 is 7.12 Å². The van der Waals surface area contributed by atoms with Crippen LogP contribution in [-0.4, -0.2) is 69.9 Å². The topological polar surface area (TPSA) is 103 Å². The van der Waals surface area contributed by atoms with Gasteiger partial charge in [-0.1, -0.05) is 19.9 Å². The van der Waals surface area contributed by atoms with Crippen LogP contribution >= 0.6 is 11.8 Å². The normalized spacial score (nSPS) is 16.6. The quantitative estimate of drug-likeness (QED) is 0.611. The lowest BCUT2D eigenvalue weighted by Crippen LogP contribution is -2.52. The molecule has 168 valence electrons. The summed E-state index contributed by atoms with van der Waals surface area (Å²) in [6.45, 7) is 6.24. The molecule has 1 aliphatic rings. The maximum atomic E-state index is 12.9. The Labute approximate surface area is 188 Å². The maximum absolute atomic E-state index is 12.9. The highest BCUT2D eigenvalue weighted by molar-refractivity contribution is 7.97. The highest BCUT2D eigenvalue weighted by atomic mass is 32.2. The summed E-state index contributed by atoms with van der Waals surface area (Å²) in [7, 11) is -1.58. The van der Waals surface area contributed by atoms with E-state index in [2.05, 4.69) is 24.1 Å². The number of likely N-dealkylation sites (tertiary alicyclic amines) is 1. The van der Waals surface area contributed by atoms with E-state index in [-0.39, 0.29) is 11.8 Å². The summed E-state index contributed by atoms with van der Waals surface area (Å²) in [5, 5.41) is 22.4. The summed E-state index contributed by atoms with van der Waals surface area (Å²) in [5.74, 6) is -0.972. The molecule has 2 amide bonds. The highest BCUT2D eigenvalue weighted by Gasteiger charge is 2.38. The lowest BCUT2D eigenvalue weighted by atomic mass is 9.78. The van der Waals surface area contributed by atoms with Crippen LogP contribution in [0.25, 0.3) is 10.9 Å². The van der Waals surface area contributed by atoms with E-state index in [1.54, 1.807) is 30.9 Å². The van der Waals surface area contributed by atoms with Crippen LogP contribution in [0.15, 0.2) is 30.5 Å². The maximum Gasteiger partial charge on any atom is 0.475 e. The van der Waals surface area contributed by atoms with E-state index in [1.807, 2.05) is 30.7 Å². The fourth-order valence-corrected chi connectivity index (χ4v) is 3.68. The number of carbonyl (C=O) groups is 2. The number of hydrogen-bond donors (Lipinski definition) is 3. The second-order valence-electron chi connectivity index (χ2n) is 8.05. The standard InChI is InChI=1S/C20H26BN3O4.C2H6S/c1-12(2)14-6-7-17-16(11-14)15(8-9-22-17)19(25)23-13(3)20(26)24-10-4-5-18(24)21(27)28;1-3-2/h6-9,11-13,18,27-28H,4-5,10H2,1-3H3,(H,23,25);1-2H3. The monoisotopic (exact) mass is 445 g/mol. The van der Waals surface area contributed by atoms with Crippen molar-refractivity contribution in [1.29, 1.82) is 0 Å². The average molecular weight is 445 g/mol. The molecule has 1 fully saturated rings. The van der Waals surface area contributed by atoms with Crippen molar-refractivity contribution in [3.8, 4) is 0 Å². The van der Waals surface area contributed by atoms with Crippen molar-refractivity contribution >= 4 is 41.6 Å². The first-order chi connectivity index (χ1) is 14.7. The van der Waals surface area contributed by atoms with Gasteiger partial charge in [0.1, 0.15) is 6.04 Å². The Morgan fingerprint density at radius 3 is 2.52 bits per heavy atom. The van der Waals surface area contributed by atoms with Crippen LogP contribution in [0.3, 0.4) is 0 Å². The number of fused-ring (bicyclic) bond motifs is 1. The summed E-state index contributed by atoms with van der Waals surface area (Å²) in [5.41, 5.74) is 2.29. The second-order valence-corrected chi connectivity index (χ2v) is 8.86. The zero-order valence-electron chi connectivity index (χ0n) is 18.8. The van der Waals surface area contributed by atoms with E-state index < -0.39 is 19.1 Å². The third kappa shape index (κ3) is 6.21. The Balaban J connectivity index is 0.00000107. The number of nitrogens with zero attached hydrogens (tertiary/aromatic N) is 2. The molecule has 1 aromatic carbocycles. The zero-order chi connectivity index (χ0) is 23.1. The molecule has 0 radical (unpaired) electrons. The van der Waals surface area contributed by atoms with Gasteiger partial charge in [-0.15, -0.1) is 0 Å². The summed E-state index contributed by atoms with van der Waals surface area (Å²) in [6.07, 6.45) is 6.91. The van der Waals surface area contributed by atoms with Crippen LogP contribution in [-0.2, 0) is 4.79 Å². The van der Waals surface area contributed by atoms with Crippen LogP contribution < -0.4 is 5.32 Å². The van der Waals surface area contributed by atoms with Crippen molar-refractivity contribution in [3.63, 3.8) is 0 Å². The van der Waals surface area contributed by atoms with E-state index in [0.29, 0.717) is 30.9 Å². The largest absolute Gasteiger partial charge is 0.475 e. The van der Waals surface area contributed by atoms with Crippen molar-refractivity contribution in [2.75, 3.05) is 19.1 Å². The van der Waals surface area contributed by atoms with Crippen molar-refractivity contribution in [3.05, 3.63) is 41.6 Å².